The van der Waals surface area contributed by atoms with Gasteiger partial charge in [0.15, 0.2) is 0 Å². The molecule has 2 aromatic carbocycles. The van der Waals surface area contributed by atoms with Crippen molar-refractivity contribution in [2.75, 3.05) is 19.7 Å². The topological polar surface area (TPSA) is 143 Å². The standard InChI is InChI=1S/C26H28F2N3O6P/c27-26(28,38(34,35)36)10-3-13-37-25(33)21-14-20-9-8-19(15-22(20)30-23(29)16-21)17-4-6-18(7-5-17)24(32)31-11-1-2-12-31/h4-9,14-15H,1-3,10-13,16H2,(H2,29,30)(H2,34,35,36). The van der Waals surface area contributed by atoms with E-state index < -0.39 is 38.7 Å². The third-order valence-corrected chi connectivity index (χ3v) is 7.47. The summed E-state index contributed by atoms with van der Waals surface area (Å²) in [6.45, 7) is 1.12. The van der Waals surface area contributed by atoms with Crippen molar-refractivity contribution in [3.05, 3.63) is 59.2 Å². The van der Waals surface area contributed by atoms with Gasteiger partial charge in [-0.1, -0.05) is 24.3 Å². The summed E-state index contributed by atoms with van der Waals surface area (Å²) in [7, 11) is -5.58. The Hall–Kier alpha value is -3.40. The summed E-state index contributed by atoms with van der Waals surface area (Å²) in [5, 5.41) is 0. The lowest BCUT2D eigenvalue weighted by Gasteiger charge is -2.17. The number of hydrogen-bond donors (Lipinski definition) is 3. The number of carbonyl (C=O) groups is 2. The predicted octanol–water partition coefficient (Wildman–Crippen LogP) is 4.46. The number of likely N-dealkylation sites (tertiary alicyclic amines) is 1. The van der Waals surface area contributed by atoms with Gasteiger partial charge in [0.05, 0.1) is 12.3 Å². The Morgan fingerprint density at radius 1 is 1.08 bits per heavy atom. The number of esters is 1. The highest BCUT2D eigenvalue weighted by molar-refractivity contribution is 7.53. The molecule has 0 spiro atoms. The molecule has 2 aliphatic rings. The summed E-state index contributed by atoms with van der Waals surface area (Å²) >= 11 is 0. The lowest BCUT2D eigenvalue weighted by atomic mass is 10.00. The molecule has 1 amide bonds. The molecular weight excluding hydrogens is 519 g/mol. The van der Waals surface area contributed by atoms with E-state index >= 15 is 0 Å². The minimum Gasteiger partial charge on any atom is -0.462 e. The number of alkyl halides is 2. The number of carbonyl (C=O) groups excluding carboxylic acids is 2. The van der Waals surface area contributed by atoms with Gasteiger partial charge in [0.25, 0.3) is 5.91 Å². The molecule has 1 fully saturated rings. The smallest absolute Gasteiger partial charge is 0.394 e. The number of nitrogens with zero attached hydrogens (tertiary/aromatic N) is 2. The van der Waals surface area contributed by atoms with Gasteiger partial charge in [-0.05, 0) is 54.7 Å². The minimum absolute atomic E-state index is 0.0191. The normalized spacial score (nSPS) is 15.8. The number of amidine groups is 1. The number of amides is 1. The van der Waals surface area contributed by atoms with Gasteiger partial charge in [0.1, 0.15) is 5.84 Å². The molecule has 38 heavy (non-hydrogen) atoms. The van der Waals surface area contributed by atoms with Crippen molar-refractivity contribution in [2.45, 2.75) is 37.8 Å². The van der Waals surface area contributed by atoms with Crippen LogP contribution >= 0.6 is 7.60 Å². The number of benzene rings is 2. The van der Waals surface area contributed by atoms with Gasteiger partial charge >= 0.3 is 19.2 Å². The number of fused-ring (bicyclic) bond motifs is 1. The lowest BCUT2D eigenvalue weighted by molar-refractivity contribution is -0.139. The van der Waals surface area contributed by atoms with Crippen LogP contribution < -0.4 is 5.73 Å². The van der Waals surface area contributed by atoms with E-state index in [0.29, 0.717) is 16.8 Å². The Bertz CT molecular complexity index is 1330. The first-order valence-electron chi connectivity index (χ1n) is 12.1. The average Bonchev–Trinajstić information content (AvgIpc) is 3.35. The van der Waals surface area contributed by atoms with Crippen molar-refractivity contribution >= 4 is 37.1 Å². The molecule has 2 aromatic rings. The van der Waals surface area contributed by atoms with E-state index in [4.69, 9.17) is 20.3 Å². The first-order chi connectivity index (χ1) is 17.9. The molecule has 4 rings (SSSR count). The van der Waals surface area contributed by atoms with E-state index in [0.717, 1.165) is 37.1 Å². The van der Waals surface area contributed by atoms with Gasteiger partial charge in [-0.2, -0.15) is 8.78 Å². The van der Waals surface area contributed by atoms with Crippen molar-refractivity contribution in [1.29, 1.82) is 0 Å². The molecule has 2 heterocycles. The SMILES string of the molecule is NC1=Nc2cc(-c3ccc(C(=O)N4CCCC4)cc3)ccc2C=C(C(=O)OCCCC(F)(F)P(=O)(O)O)C1. The molecule has 0 radical (unpaired) electrons. The number of ether oxygens (including phenoxy) is 1. The average molecular weight is 547 g/mol. The molecule has 0 atom stereocenters. The largest absolute Gasteiger partial charge is 0.462 e. The highest BCUT2D eigenvalue weighted by Crippen LogP contribution is 2.55. The molecular formula is C26H28F2N3O6P. The van der Waals surface area contributed by atoms with Crippen LogP contribution in [0.1, 0.15) is 48.0 Å². The molecule has 0 bridgehead atoms. The van der Waals surface area contributed by atoms with Gasteiger partial charge in [0.2, 0.25) is 0 Å². The van der Waals surface area contributed by atoms with Crippen LogP contribution in [-0.4, -0.2) is 57.8 Å². The molecule has 0 aromatic heterocycles. The Kier molecular flexibility index (Phi) is 8.10. The van der Waals surface area contributed by atoms with E-state index in [1.165, 1.54) is 0 Å². The van der Waals surface area contributed by atoms with Crippen molar-refractivity contribution < 1.29 is 37.5 Å². The third kappa shape index (κ3) is 6.35. The number of rotatable bonds is 8. The second-order valence-electron chi connectivity index (χ2n) is 9.25. The summed E-state index contributed by atoms with van der Waals surface area (Å²) in [5.41, 5.74) is 5.48. The zero-order valence-corrected chi connectivity index (χ0v) is 21.4. The maximum absolute atomic E-state index is 13.4. The first-order valence-corrected chi connectivity index (χ1v) is 13.7. The quantitative estimate of drug-likeness (QED) is 0.252. The predicted molar refractivity (Wildman–Crippen MR) is 138 cm³/mol. The van der Waals surface area contributed by atoms with E-state index in [2.05, 4.69) is 4.99 Å². The Morgan fingerprint density at radius 3 is 2.39 bits per heavy atom. The molecule has 1 saturated heterocycles. The molecule has 202 valence electrons. The minimum atomic E-state index is -5.58. The molecule has 0 unspecified atom stereocenters. The van der Waals surface area contributed by atoms with Crippen molar-refractivity contribution in [1.82, 2.24) is 4.90 Å². The number of nitrogens with two attached hydrogens (primary N) is 1. The van der Waals surface area contributed by atoms with Crippen molar-refractivity contribution in [3.8, 4) is 11.1 Å². The molecule has 0 aliphatic carbocycles. The van der Waals surface area contributed by atoms with Crippen LogP contribution in [0.25, 0.3) is 17.2 Å². The highest BCUT2D eigenvalue weighted by atomic mass is 31.2. The Balaban J connectivity index is 1.44. The maximum atomic E-state index is 13.4. The summed E-state index contributed by atoms with van der Waals surface area (Å²) in [6.07, 6.45) is 2.04. The van der Waals surface area contributed by atoms with E-state index in [-0.39, 0.29) is 23.7 Å². The van der Waals surface area contributed by atoms with Crippen LogP contribution in [0.3, 0.4) is 0 Å². The molecule has 9 nitrogen and oxygen atoms in total. The molecule has 12 heteroatoms. The number of halogens is 2. The van der Waals surface area contributed by atoms with Crippen molar-refractivity contribution in [2.24, 2.45) is 10.7 Å². The molecule has 4 N–H and O–H groups in total. The first kappa shape index (κ1) is 27.6. The fourth-order valence-electron chi connectivity index (χ4n) is 4.30. The van der Waals surface area contributed by atoms with Crippen molar-refractivity contribution in [3.63, 3.8) is 0 Å². The van der Waals surface area contributed by atoms with Gasteiger partial charge in [0, 0.05) is 42.6 Å². The van der Waals surface area contributed by atoms with E-state index in [9.17, 15) is 22.9 Å². The highest BCUT2D eigenvalue weighted by Gasteiger charge is 2.47. The van der Waals surface area contributed by atoms with E-state index in [1.54, 1.807) is 24.3 Å². The van der Waals surface area contributed by atoms with Crippen LogP contribution in [0, 0.1) is 0 Å². The fourth-order valence-corrected chi connectivity index (χ4v) is 4.75. The third-order valence-electron chi connectivity index (χ3n) is 6.40. The second kappa shape index (κ2) is 11.1. The Morgan fingerprint density at radius 2 is 1.74 bits per heavy atom. The summed E-state index contributed by atoms with van der Waals surface area (Å²) in [6, 6.07) is 12.7. The van der Waals surface area contributed by atoms with Gasteiger partial charge in [-0.25, -0.2) is 9.79 Å². The second-order valence-corrected chi connectivity index (χ2v) is 11.0. The zero-order chi connectivity index (χ0) is 27.5. The number of hydrogen-bond acceptors (Lipinski definition) is 6. The van der Waals surface area contributed by atoms with E-state index in [1.807, 2.05) is 29.2 Å². The monoisotopic (exact) mass is 547 g/mol. The maximum Gasteiger partial charge on any atom is 0.394 e. The van der Waals surface area contributed by atoms with Crippen LogP contribution in [0.5, 0.6) is 0 Å². The fraction of sp³-hybridized carbons (Fsp3) is 0.346. The van der Waals surface area contributed by atoms with Crippen LogP contribution in [0.15, 0.2) is 53.0 Å². The summed E-state index contributed by atoms with van der Waals surface area (Å²) in [4.78, 5) is 48.7. The lowest BCUT2D eigenvalue weighted by Crippen LogP contribution is -2.27. The molecule has 2 aliphatic heterocycles. The number of aliphatic imine (C=N–C) groups is 1. The summed E-state index contributed by atoms with van der Waals surface area (Å²) < 4.78 is 42.6. The molecule has 0 saturated carbocycles. The van der Waals surface area contributed by atoms with Gasteiger partial charge < -0.3 is 25.2 Å². The Labute approximate surface area is 218 Å². The van der Waals surface area contributed by atoms with Gasteiger partial charge in [-0.3, -0.25) is 9.36 Å². The zero-order valence-electron chi connectivity index (χ0n) is 20.5. The van der Waals surface area contributed by atoms with Crippen LogP contribution in [-0.2, 0) is 14.1 Å². The summed E-state index contributed by atoms with van der Waals surface area (Å²) in [5.74, 6) is -0.602. The van der Waals surface area contributed by atoms with Crippen LogP contribution in [0.2, 0.25) is 0 Å². The van der Waals surface area contributed by atoms with Gasteiger partial charge in [-0.15, -0.1) is 0 Å². The van der Waals surface area contributed by atoms with Crippen LogP contribution in [0.4, 0.5) is 14.5 Å².